The summed E-state index contributed by atoms with van der Waals surface area (Å²) in [6.07, 6.45) is 1.25. The molecule has 0 unspecified atom stereocenters. The van der Waals surface area contributed by atoms with Gasteiger partial charge in [-0.2, -0.15) is 4.98 Å². The lowest BCUT2D eigenvalue weighted by Gasteiger charge is -2.04. The van der Waals surface area contributed by atoms with Crippen LogP contribution in [0.25, 0.3) is 0 Å². The Balaban J connectivity index is 2.43. The summed E-state index contributed by atoms with van der Waals surface area (Å²) in [6, 6.07) is -0.722. The topological polar surface area (TPSA) is 90.1 Å². The van der Waals surface area contributed by atoms with Crippen molar-refractivity contribution in [2.45, 2.75) is 6.04 Å². The molecular formula is C7H7ClN4O2. The minimum Gasteiger partial charge on any atom is -0.474 e. The van der Waals surface area contributed by atoms with Crippen LogP contribution >= 0.6 is 11.6 Å². The first-order valence-corrected chi connectivity index (χ1v) is 4.26. The van der Waals surface area contributed by atoms with Crippen molar-refractivity contribution in [3.05, 3.63) is 11.5 Å². The summed E-state index contributed by atoms with van der Waals surface area (Å²) in [5.41, 5.74) is 5.75. The molecule has 0 bridgehead atoms. The average molecular weight is 215 g/mol. The standard InChI is InChI=1S/C7H7ClN4O2/c8-5-4-7(11-2-10-5)14-1-3(9)6(13)12-4/h2-3H,1,9H2,(H,12,13)/t3-/m0/s1. The van der Waals surface area contributed by atoms with E-state index in [1.54, 1.807) is 0 Å². The second kappa shape index (κ2) is 3.39. The van der Waals surface area contributed by atoms with Crippen molar-refractivity contribution in [2.24, 2.45) is 5.73 Å². The molecule has 0 spiro atoms. The van der Waals surface area contributed by atoms with E-state index in [1.807, 2.05) is 0 Å². The molecule has 74 valence electrons. The second-order valence-corrected chi connectivity index (χ2v) is 3.11. The van der Waals surface area contributed by atoms with Crippen LogP contribution in [0.1, 0.15) is 0 Å². The number of ether oxygens (including phenoxy) is 1. The number of nitrogens with two attached hydrogens (primary N) is 1. The summed E-state index contributed by atoms with van der Waals surface area (Å²) in [5.74, 6) is -0.119. The van der Waals surface area contributed by atoms with Crippen molar-refractivity contribution >= 4 is 23.2 Å². The van der Waals surface area contributed by atoms with Crippen LogP contribution in [-0.2, 0) is 4.79 Å². The van der Waals surface area contributed by atoms with Gasteiger partial charge in [-0.3, -0.25) is 4.79 Å². The third-order valence-corrected chi connectivity index (χ3v) is 2.04. The van der Waals surface area contributed by atoms with Crippen molar-refractivity contribution in [3.63, 3.8) is 0 Å². The van der Waals surface area contributed by atoms with Gasteiger partial charge in [-0.15, -0.1) is 0 Å². The Labute approximate surface area is 84.4 Å². The van der Waals surface area contributed by atoms with Gasteiger partial charge >= 0.3 is 0 Å². The van der Waals surface area contributed by atoms with Crippen molar-refractivity contribution in [2.75, 3.05) is 11.9 Å². The van der Waals surface area contributed by atoms with Gasteiger partial charge in [-0.1, -0.05) is 11.6 Å². The minimum atomic E-state index is -0.722. The van der Waals surface area contributed by atoms with E-state index in [9.17, 15) is 4.79 Å². The van der Waals surface area contributed by atoms with E-state index in [4.69, 9.17) is 22.1 Å². The average Bonchev–Trinajstić information content (AvgIpc) is 2.30. The molecule has 7 heteroatoms. The van der Waals surface area contributed by atoms with Crippen molar-refractivity contribution in [1.82, 2.24) is 9.97 Å². The molecule has 1 atom stereocenters. The van der Waals surface area contributed by atoms with Crippen molar-refractivity contribution < 1.29 is 9.53 Å². The smallest absolute Gasteiger partial charge is 0.245 e. The van der Waals surface area contributed by atoms with Crippen LogP contribution in [0.3, 0.4) is 0 Å². The van der Waals surface area contributed by atoms with Gasteiger partial charge in [0.25, 0.3) is 0 Å². The number of carbonyl (C=O) groups excluding carboxylic acids is 1. The lowest BCUT2D eigenvalue weighted by Crippen LogP contribution is -2.38. The van der Waals surface area contributed by atoms with Crippen LogP contribution in [0.2, 0.25) is 5.15 Å². The Morgan fingerprint density at radius 3 is 3.21 bits per heavy atom. The van der Waals surface area contributed by atoms with E-state index >= 15 is 0 Å². The summed E-state index contributed by atoms with van der Waals surface area (Å²) < 4.78 is 5.17. The van der Waals surface area contributed by atoms with Gasteiger partial charge < -0.3 is 15.8 Å². The van der Waals surface area contributed by atoms with Crippen molar-refractivity contribution in [1.29, 1.82) is 0 Å². The van der Waals surface area contributed by atoms with Gasteiger partial charge in [0.15, 0.2) is 5.15 Å². The zero-order valence-corrected chi connectivity index (χ0v) is 7.78. The maximum absolute atomic E-state index is 11.3. The highest BCUT2D eigenvalue weighted by Gasteiger charge is 2.24. The molecule has 0 saturated heterocycles. The quantitative estimate of drug-likeness (QED) is 0.583. The maximum atomic E-state index is 11.3. The van der Waals surface area contributed by atoms with Gasteiger partial charge in [-0.05, 0) is 0 Å². The molecule has 1 amide bonds. The Hall–Kier alpha value is -1.40. The molecule has 0 fully saturated rings. The minimum absolute atomic E-state index is 0.0756. The molecule has 2 heterocycles. The second-order valence-electron chi connectivity index (χ2n) is 2.75. The van der Waals surface area contributed by atoms with Crippen LogP contribution in [0.15, 0.2) is 6.33 Å². The fraction of sp³-hybridized carbons (Fsp3) is 0.286. The molecule has 1 aromatic heterocycles. The number of hydrogen-bond acceptors (Lipinski definition) is 5. The van der Waals surface area contributed by atoms with Crippen molar-refractivity contribution in [3.8, 4) is 5.88 Å². The lowest BCUT2D eigenvalue weighted by atomic mass is 10.3. The highest BCUT2D eigenvalue weighted by atomic mass is 35.5. The predicted octanol–water partition coefficient (Wildman–Crippen LogP) is -0.212. The first-order valence-electron chi connectivity index (χ1n) is 3.88. The van der Waals surface area contributed by atoms with Crippen LogP contribution in [-0.4, -0.2) is 28.5 Å². The Kier molecular flexibility index (Phi) is 2.22. The van der Waals surface area contributed by atoms with Crippen LogP contribution in [0, 0.1) is 0 Å². The largest absolute Gasteiger partial charge is 0.474 e. The van der Waals surface area contributed by atoms with Gasteiger partial charge in [-0.25, -0.2) is 4.98 Å². The highest BCUT2D eigenvalue weighted by molar-refractivity contribution is 6.32. The summed E-state index contributed by atoms with van der Waals surface area (Å²) in [7, 11) is 0. The van der Waals surface area contributed by atoms with Gasteiger partial charge in [0.05, 0.1) is 0 Å². The number of rotatable bonds is 0. The summed E-state index contributed by atoms with van der Waals surface area (Å²) in [6.45, 7) is 0.0756. The number of fused-ring (bicyclic) bond motifs is 1. The molecule has 0 aliphatic carbocycles. The zero-order valence-electron chi connectivity index (χ0n) is 7.03. The fourth-order valence-electron chi connectivity index (χ4n) is 1.02. The molecule has 6 nitrogen and oxygen atoms in total. The van der Waals surface area contributed by atoms with E-state index in [-0.39, 0.29) is 29.2 Å². The van der Waals surface area contributed by atoms with E-state index in [1.165, 1.54) is 6.33 Å². The normalized spacial score (nSPS) is 20.4. The third kappa shape index (κ3) is 1.49. The number of amides is 1. The highest BCUT2D eigenvalue weighted by Crippen LogP contribution is 2.29. The Morgan fingerprint density at radius 1 is 1.64 bits per heavy atom. The number of anilines is 1. The van der Waals surface area contributed by atoms with E-state index < -0.39 is 6.04 Å². The first-order chi connectivity index (χ1) is 6.68. The fourth-order valence-corrected chi connectivity index (χ4v) is 1.20. The molecule has 0 aromatic carbocycles. The van der Waals surface area contributed by atoms with E-state index in [0.29, 0.717) is 0 Å². The molecule has 14 heavy (non-hydrogen) atoms. The lowest BCUT2D eigenvalue weighted by molar-refractivity contribution is -0.117. The number of carbonyl (C=O) groups is 1. The Morgan fingerprint density at radius 2 is 2.43 bits per heavy atom. The van der Waals surface area contributed by atoms with Crippen LogP contribution in [0.4, 0.5) is 5.69 Å². The zero-order chi connectivity index (χ0) is 10.1. The molecule has 2 rings (SSSR count). The molecule has 1 aliphatic rings. The number of aromatic nitrogens is 2. The third-order valence-electron chi connectivity index (χ3n) is 1.75. The molecular weight excluding hydrogens is 208 g/mol. The molecule has 0 saturated carbocycles. The van der Waals surface area contributed by atoms with Gasteiger partial charge in [0, 0.05) is 0 Å². The van der Waals surface area contributed by atoms with Crippen LogP contribution in [0.5, 0.6) is 5.88 Å². The summed E-state index contributed by atoms with van der Waals surface area (Å²) in [4.78, 5) is 18.8. The summed E-state index contributed by atoms with van der Waals surface area (Å²) >= 11 is 5.74. The first kappa shape index (κ1) is 9.17. The van der Waals surface area contributed by atoms with Crippen LogP contribution < -0.4 is 15.8 Å². The number of hydrogen-bond donors (Lipinski definition) is 2. The van der Waals surface area contributed by atoms with E-state index in [2.05, 4.69) is 15.3 Å². The monoisotopic (exact) mass is 214 g/mol. The number of nitrogens with zero attached hydrogens (tertiary/aromatic N) is 2. The SMILES string of the molecule is N[C@H]1COc2ncnc(Cl)c2NC1=O. The number of nitrogens with one attached hydrogen (secondary N) is 1. The molecule has 0 radical (unpaired) electrons. The summed E-state index contributed by atoms with van der Waals surface area (Å²) in [5, 5.41) is 2.63. The Bertz CT molecular complexity index is 384. The maximum Gasteiger partial charge on any atom is 0.245 e. The molecule has 1 aliphatic heterocycles. The molecule has 3 N–H and O–H groups in total. The van der Waals surface area contributed by atoms with E-state index in [0.717, 1.165) is 0 Å². The van der Waals surface area contributed by atoms with Gasteiger partial charge in [0.1, 0.15) is 24.7 Å². The molecule has 1 aromatic rings. The number of halogens is 1. The predicted molar refractivity (Wildman–Crippen MR) is 49.1 cm³/mol. The van der Waals surface area contributed by atoms with Gasteiger partial charge in [0.2, 0.25) is 11.8 Å².